The molecule has 36 heavy (non-hydrogen) atoms. The van der Waals surface area contributed by atoms with Gasteiger partial charge in [-0.25, -0.2) is 0 Å². The fourth-order valence-electron chi connectivity index (χ4n) is 4.74. The van der Waals surface area contributed by atoms with Crippen molar-refractivity contribution in [3.8, 4) is 0 Å². The van der Waals surface area contributed by atoms with E-state index in [9.17, 15) is 24.0 Å². The Hall–Kier alpha value is -3.93. The third kappa shape index (κ3) is 6.19. The molecule has 4 rings (SSSR count). The number of carbonyl (C=O) groups excluding carboxylic acids is 5. The first-order valence-electron chi connectivity index (χ1n) is 12.0. The van der Waals surface area contributed by atoms with Crippen molar-refractivity contribution in [2.24, 2.45) is 11.7 Å². The minimum atomic E-state index is -1.03. The van der Waals surface area contributed by atoms with Crippen LogP contribution in [0.2, 0.25) is 0 Å². The summed E-state index contributed by atoms with van der Waals surface area (Å²) in [6, 6.07) is 7.61. The SMILES string of the molecule is NC(=O)C1CC2=CN(CC(=O)NCC(=O)N3CCCC3C(=O)CC(Cc3ccccc3)C(=O)N1)NN2. The Balaban J connectivity index is 1.61. The number of benzene rings is 1. The highest BCUT2D eigenvalue weighted by atomic mass is 16.2. The second kappa shape index (κ2) is 11.2. The lowest BCUT2D eigenvalue weighted by Gasteiger charge is -2.26. The summed E-state index contributed by atoms with van der Waals surface area (Å²) < 4.78 is 0. The van der Waals surface area contributed by atoms with Crippen LogP contribution in [0.3, 0.4) is 0 Å². The van der Waals surface area contributed by atoms with Crippen LogP contribution >= 0.6 is 0 Å². The van der Waals surface area contributed by atoms with Gasteiger partial charge >= 0.3 is 0 Å². The number of Topliss-reactive ketones (excluding diaryl/α,β-unsaturated/α-hetero) is 1. The van der Waals surface area contributed by atoms with Crippen LogP contribution in [0.4, 0.5) is 0 Å². The molecule has 3 atom stereocenters. The molecule has 0 saturated carbocycles. The Morgan fingerprint density at radius 2 is 1.86 bits per heavy atom. The summed E-state index contributed by atoms with van der Waals surface area (Å²) in [5, 5.41) is 6.75. The van der Waals surface area contributed by atoms with Gasteiger partial charge in [-0.2, -0.15) is 0 Å². The van der Waals surface area contributed by atoms with E-state index < -0.39 is 35.7 Å². The predicted octanol–water partition coefficient (Wildman–Crippen LogP) is -1.55. The molecule has 192 valence electrons. The van der Waals surface area contributed by atoms with Crippen LogP contribution in [-0.4, -0.2) is 71.0 Å². The molecular formula is C24H31N7O5. The van der Waals surface area contributed by atoms with Crippen LogP contribution in [0.5, 0.6) is 0 Å². The van der Waals surface area contributed by atoms with E-state index in [0.717, 1.165) is 5.56 Å². The van der Waals surface area contributed by atoms with Gasteiger partial charge in [0.2, 0.25) is 23.6 Å². The van der Waals surface area contributed by atoms with Gasteiger partial charge in [-0.3, -0.25) is 29.0 Å². The molecule has 0 spiro atoms. The summed E-state index contributed by atoms with van der Waals surface area (Å²) in [6.07, 6.45) is 3.00. The predicted molar refractivity (Wildman–Crippen MR) is 128 cm³/mol. The van der Waals surface area contributed by atoms with E-state index in [1.165, 1.54) is 9.91 Å². The van der Waals surface area contributed by atoms with Crippen LogP contribution in [0, 0.1) is 5.92 Å². The molecule has 4 amide bonds. The number of fused-ring (bicyclic) bond motifs is 2. The molecule has 1 saturated heterocycles. The zero-order chi connectivity index (χ0) is 25.7. The number of carbonyl (C=O) groups is 5. The van der Waals surface area contributed by atoms with Crippen molar-refractivity contribution in [2.45, 2.75) is 44.2 Å². The van der Waals surface area contributed by atoms with Crippen molar-refractivity contribution < 1.29 is 24.0 Å². The summed E-state index contributed by atoms with van der Waals surface area (Å²) in [7, 11) is 0. The molecule has 1 fully saturated rings. The second-order valence-electron chi connectivity index (χ2n) is 9.27. The fraction of sp³-hybridized carbons (Fsp3) is 0.458. The maximum absolute atomic E-state index is 13.4. The highest BCUT2D eigenvalue weighted by Crippen LogP contribution is 2.23. The summed E-state index contributed by atoms with van der Waals surface area (Å²) in [5.74, 6) is -2.90. The first-order valence-corrected chi connectivity index (χ1v) is 12.0. The zero-order valence-corrected chi connectivity index (χ0v) is 19.9. The number of hydrazine groups is 2. The maximum Gasteiger partial charge on any atom is 0.242 e. The first-order chi connectivity index (χ1) is 17.3. The largest absolute Gasteiger partial charge is 0.368 e. The number of nitrogens with zero attached hydrogens (tertiary/aromatic N) is 2. The number of rotatable bonds is 3. The Labute approximate surface area is 208 Å². The van der Waals surface area contributed by atoms with Crippen molar-refractivity contribution in [3.63, 3.8) is 0 Å². The molecular weight excluding hydrogens is 466 g/mol. The minimum Gasteiger partial charge on any atom is -0.368 e. The van der Waals surface area contributed by atoms with Gasteiger partial charge in [-0.15, -0.1) is 5.53 Å². The Morgan fingerprint density at radius 1 is 1.08 bits per heavy atom. The fourth-order valence-corrected chi connectivity index (χ4v) is 4.74. The number of hydrogen-bond acceptors (Lipinski definition) is 8. The van der Waals surface area contributed by atoms with Gasteiger partial charge in [0.05, 0.1) is 12.6 Å². The topological polar surface area (TPSA) is 166 Å². The number of ketones is 1. The number of nitrogens with two attached hydrogens (primary N) is 1. The number of hydrogen-bond donors (Lipinski definition) is 5. The molecule has 3 unspecified atom stereocenters. The van der Waals surface area contributed by atoms with Gasteiger partial charge in [0.15, 0.2) is 5.78 Å². The van der Waals surface area contributed by atoms with Gasteiger partial charge < -0.3 is 26.7 Å². The van der Waals surface area contributed by atoms with E-state index in [-0.39, 0.29) is 44.0 Å². The second-order valence-corrected chi connectivity index (χ2v) is 9.27. The summed E-state index contributed by atoms with van der Waals surface area (Å²) >= 11 is 0. The monoisotopic (exact) mass is 497 g/mol. The first kappa shape index (κ1) is 25.2. The third-order valence-electron chi connectivity index (χ3n) is 6.59. The molecule has 0 radical (unpaired) electrons. The van der Waals surface area contributed by atoms with E-state index in [2.05, 4.69) is 21.6 Å². The van der Waals surface area contributed by atoms with Gasteiger partial charge in [0.25, 0.3) is 0 Å². The van der Waals surface area contributed by atoms with Crippen molar-refractivity contribution in [2.75, 3.05) is 19.6 Å². The zero-order valence-electron chi connectivity index (χ0n) is 19.9. The summed E-state index contributed by atoms with van der Waals surface area (Å²) in [5.41, 5.74) is 12.6. The van der Waals surface area contributed by atoms with Crippen molar-refractivity contribution in [1.29, 1.82) is 0 Å². The molecule has 2 bridgehead atoms. The lowest BCUT2D eigenvalue weighted by molar-refractivity contribution is -0.139. The van der Waals surface area contributed by atoms with Crippen LogP contribution in [0.1, 0.15) is 31.2 Å². The molecule has 3 aliphatic heterocycles. The van der Waals surface area contributed by atoms with E-state index in [1.54, 1.807) is 6.20 Å². The number of amides is 4. The van der Waals surface area contributed by atoms with Crippen molar-refractivity contribution in [1.82, 2.24) is 31.5 Å². The van der Waals surface area contributed by atoms with Crippen molar-refractivity contribution >= 4 is 29.4 Å². The highest BCUT2D eigenvalue weighted by molar-refractivity contribution is 5.95. The van der Waals surface area contributed by atoms with E-state index in [0.29, 0.717) is 25.1 Å². The van der Waals surface area contributed by atoms with Gasteiger partial charge in [-0.05, 0) is 24.8 Å². The summed E-state index contributed by atoms with van der Waals surface area (Å²) in [6.45, 7) is 0.0884. The molecule has 6 N–H and O–H groups in total. The number of nitrogens with one attached hydrogen (secondary N) is 4. The molecule has 3 heterocycles. The van der Waals surface area contributed by atoms with E-state index in [4.69, 9.17) is 5.73 Å². The molecule has 0 aromatic heterocycles. The smallest absolute Gasteiger partial charge is 0.242 e. The molecule has 0 aliphatic carbocycles. The normalized spacial score (nSPS) is 25.9. The van der Waals surface area contributed by atoms with E-state index >= 15 is 0 Å². The quantitative estimate of drug-likeness (QED) is 0.335. The third-order valence-corrected chi connectivity index (χ3v) is 6.59. The maximum atomic E-state index is 13.4. The molecule has 3 aliphatic rings. The Bertz CT molecular complexity index is 1060. The van der Waals surface area contributed by atoms with Crippen LogP contribution < -0.4 is 27.3 Å². The molecule has 12 heteroatoms. The van der Waals surface area contributed by atoms with Gasteiger partial charge in [0, 0.05) is 37.2 Å². The van der Waals surface area contributed by atoms with Crippen LogP contribution in [0.25, 0.3) is 0 Å². The van der Waals surface area contributed by atoms with E-state index in [1.807, 2.05) is 30.3 Å². The van der Waals surface area contributed by atoms with Crippen LogP contribution in [-0.2, 0) is 30.4 Å². The Kier molecular flexibility index (Phi) is 7.84. The lowest BCUT2D eigenvalue weighted by atomic mass is 9.90. The summed E-state index contributed by atoms with van der Waals surface area (Å²) in [4.78, 5) is 65.5. The Morgan fingerprint density at radius 3 is 2.61 bits per heavy atom. The average Bonchev–Trinajstić information content (AvgIpc) is 3.51. The highest BCUT2D eigenvalue weighted by Gasteiger charge is 2.37. The lowest BCUT2D eigenvalue weighted by Crippen LogP contribution is -2.50. The average molecular weight is 498 g/mol. The number of primary amides is 1. The standard InChI is InChI=1S/C24H31N7O5/c25-23(35)18-11-17-13-30(29-28-17)14-21(33)26-12-22(34)31-8-4-7-19(31)20(32)10-16(24(36)27-18)9-15-5-2-1-3-6-15/h1-3,5-6,13,16,18-19,28-29H,4,7-12,14H2,(H2,25,35)(H,26,33)(H,27,36). The minimum absolute atomic E-state index is 0.0626. The van der Waals surface area contributed by atoms with Gasteiger partial charge in [0.1, 0.15) is 12.6 Å². The molecule has 1 aromatic rings. The van der Waals surface area contributed by atoms with Gasteiger partial charge in [-0.1, -0.05) is 30.3 Å². The van der Waals surface area contributed by atoms with Crippen LogP contribution in [0.15, 0.2) is 42.2 Å². The van der Waals surface area contributed by atoms with Crippen molar-refractivity contribution in [3.05, 3.63) is 47.8 Å². The molecule has 1 aromatic carbocycles. The molecule has 12 nitrogen and oxygen atoms in total.